The normalized spacial score (nSPS) is 18.8. The van der Waals surface area contributed by atoms with Crippen LogP contribution in [0.25, 0.3) is 16.7 Å². The van der Waals surface area contributed by atoms with Gasteiger partial charge >= 0.3 is 6.18 Å². The number of hydrogen-bond acceptors (Lipinski definition) is 5. The number of nitrogens with one attached hydrogen (secondary N) is 1. The van der Waals surface area contributed by atoms with E-state index in [4.69, 9.17) is 0 Å². The van der Waals surface area contributed by atoms with Crippen LogP contribution in [0.3, 0.4) is 0 Å². The summed E-state index contributed by atoms with van der Waals surface area (Å²) in [6.07, 6.45) is 1.53. The minimum Gasteiger partial charge on any atom is -0.345 e. The lowest BCUT2D eigenvalue weighted by Crippen LogP contribution is -2.51. The number of alkyl halides is 3. The van der Waals surface area contributed by atoms with Crippen LogP contribution in [0.4, 0.5) is 19.1 Å². The Bertz CT molecular complexity index is 1160. The third-order valence-electron chi connectivity index (χ3n) is 5.60. The maximum Gasteiger partial charge on any atom is 0.390 e. The molecule has 0 amide bonds. The summed E-state index contributed by atoms with van der Waals surface area (Å²) >= 11 is 0. The van der Waals surface area contributed by atoms with Gasteiger partial charge in [0, 0.05) is 31.9 Å². The molecule has 1 N–H and O–H groups in total. The molecule has 0 aliphatic carbocycles. The van der Waals surface area contributed by atoms with E-state index in [2.05, 4.69) is 19.9 Å². The van der Waals surface area contributed by atoms with Crippen molar-refractivity contribution in [1.82, 2.24) is 23.7 Å². The fraction of sp³-hybridized carbons (Fsp3) is 0.579. The molecular weight excluding hydrogens is 433 g/mol. The van der Waals surface area contributed by atoms with Crippen LogP contribution in [0.2, 0.25) is 0 Å². The van der Waals surface area contributed by atoms with Crippen molar-refractivity contribution in [2.45, 2.75) is 44.8 Å². The highest BCUT2D eigenvalue weighted by Crippen LogP contribution is 2.28. The zero-order chi connectivity index (χ0) is 22.2. The van der Waals surface area contributed by atoms with Gasteiger partial charge in [-0.2, -0.15) is 17.5 Å². The minimum absolute atomic E-state index is 0.149. The second-order valence-corrected chi connectivity index (χ2v) is 9.91. The largest absolute Gasteiger partial charge is 0.390 e. The molecule has 8 nitrogen and oxygen atoms in total. The van der Waals surface area contributed by atoms with Crippen LogP contribution < -0.4 is 4.90 Å². The second-order valence-electron chi connectivity index (χ2n) is 7.82. The topological polar surface area (TPSA) is 86.6 Å². The molecule has 1 aliphatic heterocycles. The van der Waals surface area contributed by atoms with Gasteiger partial charge in [-0.15, -0.1) is 0 Å². The molecule has 0 saturated carbocycles. The summed E-state index contributed by atoms with van der Waals surface area (Å²) in [7, 11) is -3.99. The van der Waals surface area contributed by atoms with E-state index in [-0.39, 0.29) is 19.1 Å². The van der Waals surface area contributed by atoms with E-state index in [9.17, 15) is 21.6 Å². The van der Waals surface area contributed by atoms with E-state index < -0.39 is 28.4 Å². The first kappa shape index (κ1) is 21.9. The predicted octanol–water partition coefficient (Wildman–Crippen LogP) is 3.17. The Morgan fingerprint density at radius 2 is 2.06 bits per heavy atom. The Kier molecular flexibility index (Phi) is 5.86. The van der Waals surface area contributed by atoms with Gasteiger partial charge in [-0.05, 0) is 25.3 Å². The van der Waals surface area contributed by atoms with Crippen molar-refractivity contribution in [2.24, 2.45) is 0 Å². The molecule has 3 aromatic heterocycles. The number of H-pyrrole nitrogens is 1. The molecule has 1 saturated heterocycles. The number of aromatic nitrogens is 4. The Labute approximate surface area is 178 Å². The van der Waals surface area contributed by atoms with Gasteiger partial charge in [0.05, 0.1) is 35.6 Å². The van der Waals surface area contributed by atoms with Crippen molar-refractivity contribution >= 4 is 32.7 Å². The summed E-state index contributed by atoms with van der Waals surface area (Å²) < 4.78 is 66.1. The van der Waals surface area contributed by atoms with E-state index >= 15 is 0 Å². The zero-order valence-corrected chi connectivity index (χ0v) is 18.0. The summed E-state index contributed by atoms with van der Waals surface area (Å²) in [5, 5.41) is 0. The quantitative estimate of drug-likeness (QED) is 0.588. The van der Waals surface area contributed by atoms with Gasteiger partial charge in [0.25, 0.3) is 0 Å². The zero-order valence-electron chi connectivity index (χ0n) is 17.1. The Morgan fingerprint density at radius 1 is 1.29 bits per heavy atom. The fourth-order valence-corrected chi connectivity index (χ4v) is 5.70. The number of halogens is 3. The van der Waals surface area contributed by atoms with Gasteiger partial charge in [-0.3, -0.25) is 4.40 Å². The summed E-state index contributed by atoms with van der Waals surface area (Å²) in [6, 6.07) is 1.72. The van der Waals surface area contributed by atoms with Crippen molar-refractivity contribution in [3.63, 3.8) is 0 Å². The monoisotopic (exact) mass is 458 g/mol. The van der Waals surface area contributed by atoms with Gasteiger partial charge in [0.2, 0.25) is 16.0 Å². The van der Waals surface area contributed by atoms with E-state index in [0.29, 0.717) is 24.6 Å². The molecule has 31 heavy (non-hydrogen) atoms. The molecule has 1 fully saturated rings. The third-order valence-corrected chi connectivity index (χ3v) is 7.44. The van der Waals surface area contributed by atoms with Gasteiger partial charge in [0.1, 0.15) is 0 Å². The molecule has 0 radical (unpaired) electrons. The SMILES string of the molecule is CCCN(c1ncc2cnc3[nH]ccc3n12)C1CCCN(S(=O)(=O)CCC(F)(F)F)C1. The van der Waals surface area contributed by atoms with Crippen molar-refractivity contribution in [3.05, 3.63) is 24.7 Å². The second kappa shape index (κ2) is 8.30. The molecule has 12 heteroatoms. The highest BCUT2D eigenvalue weighted by Gasteiger charge is 2.36. The molecule has 1 aliphatic rings. The highest BCUT2D eigenvalue weighted by molar-refractivity contribution is 7.89. The molecule has 1 atom stereocenters. The number of anilines is 1. The average molecular weight is 459 g/mol. The summed E-state index contributed by atoms with van der Waals surface area (Å²) in [5.41, 5.74) is 2.38. The third kappa shape index (κ3) is 4.49. The van der Waals surface area contributed by atoms with Crippen LogP contribution in [-0.2, 0) is 10.0 Å². The molecule has 0 bridgehead atoms. The molecule has 3 aromatic rings. The number of piperidine rings is 1. The van der Waals surface area contributed by atoms with Gasteiger partial charge in [-0.25, -0.2) is 18.4 Å². The number of fused-ring (bicyclic) bond motifs is 3. The maximum absolute atomic E-state index is 12.6. The smallest absolute Gasteiger partial charge is 0.345 e. The first-order valence-electron chi connectivity index (χ1n) is 10.3. The van der Waals surface area contributed by atoms with E-state index in [1.807, 2.05) is 17.4 Å². The number of imidazole rings is 1. The summed E-state index contributed by atoms with van der Waals surface area (Å²) in [6.45, 7) is 3.06. The Morgan fingerprint density at radius 3 is 2.81 bits per heavy atom. The molecule has 1 unspecified atom stereocenters. The first-order chi connectivity index (χ1) is 14.7. The fourth-order valence-electron chi connectivity index (χ4n) is 4.15. The number of rotatable bonds is 7. The lowest BCUT2D eigenvalue weighted by Gasteiger charge is -2.39. The average Bonchev–Trinajstić information content (AvgIpc) is 3.36. The van der Waals surface area contributed by atoms with Crippen molar-refractivity contribution < 1.29 is 21.6 Å². The number of sulfonamides is 1. The van der Waals surface area contributed by atoms with Crippen molar-refractivity contribution in [1.29, 1.82) is 0 Å². The van der Waals surface area contributed by atoms with Crippen LogP contribution in [0.5, 0.6) is 0 Å². The highest BCUT2D eigenvalue weighted by atomic mass is 32.2. The standard InChI is InChI=1S/C19H25F3N6O2S/c1-2-8-27(18-25-12-15-11-24-17-16(28(15)18)5-7-23-17)14-4-3-9-26(13-14)31(29,30)10-6-19(20,21)22/h5,7,11-12,14,23H,2-4,6,8-10,13H2,1H3. The molecule has 0 spiro atoms. The van der Waals surface area contributed by atoms with Crippen LogP contribution >= 0.6 is 0 Å². The number of nitrogens with zero attached hydrogens (tertiary/aromatic N) is 5. The number of aromatic amines is 1. The lowest BCUT2D eigenvalue weighted by atomic mass is 10.1. The van der Waals surface area contributed by atoms with Crippen LogP contribution in [0.1, 0.15) is 32.6 Å². The minimum atomic E-state index is -4.50. The predicted molar refractivity (Wildman–Crippen MR) is 112 cm³/mol. The van der Waals surface area contributed by atoms with E-state index in [0.717, 1.165) is 23.9 Å². The Hall–Kier alpha value is -2.34. The molecule has 4 heterocycles. The summed E-state index contributed by atoms with van der Waals surface area (Å²) in [4.78, 5) is 14.1. The first-order valence-corrected chi connectivity index (χ1v) is 11.9. The molecule has 170 valence electrons. The van der Waals surface area contributed by atoms with E-state index in [1.165, 1.54) is 4.31 Å². The van der Waals surface area contributed by atoms with Crippen LogP contribution in [-0.4, -0.2) is 69.7 Å². The maximum atomic E-state index is 12.6. The van der Waals surface area contributed by atoms with Crippen molar-refractivity contribution in [3.8, 4) is 0 Å². The van der Waals surface area contributed by atoms with Gasteiger partial charge < -0.3 is 9.88 Å². The lowest BCUT2D eigenvalue weighted by molar-refractivity contribution is -0.130. The van der Waals surface area contributed by atoms with Gasteiger partial charge in [0.15, 0.2) is 5.65 Å². The van der Waals surface area contributed by atoms with Crippen LogP contribution in [0.15, 0.2) is 24.7 Å². The van der Waals surface area contributed by atoms with Crippen molar-refractivity contribution in [2.75, 3.05) is 30.3 Å². The van der Waals surface area contributed by atoms with E-state index in [1.54, 1.807) is 18.6 Å². The molecule has 0 aromatic carbocycles. The van der Waals surface area contributed by atoms with Crippen LogP contribution in [0, 0.1) is 0 Å². The summed E-state index contributed by atoms with van der Waals surface area (Å²) in [5.74, 6) is -0.234. The van der Waals surface area contributed by atoms with Gasteiger partial charge in [-0.1, -0.05) is 6.92 Å². The number of hydrogen-bond donors (Lipinski definition) is 1. The molecule has 4 rings (SSSR count). The molecular formula is C19H25F3N6O2S. The Balaban J connectivity index is 1.63.